The lowest BCUT2D eigenvalue weighted by atomic mass is 9.77. The van der Waals surface area contributed by atoms with E-state index in [4.69, 9.17) is 16.3 Å². The van der Waals surface area contributed by atoms with E-state index in [0.717, 1.165) is 18.2 Å². The van der Waals surface area contributed by atoms with Gasteiger partial charge >= 0.3 is 0 Å². The van der Waals surface area contributed by atoms with E-state index >= 15 is 0 Å². The zero-order valence-electron chi connectivity index (χ0n) is 11.4. The topological polar surface area (TPSA) is 21.3 Å². The van der Waals surface area contributed by atoms with Crippen LogP contribution in [-0.4, -0.2) is 25.3 Å². The Morgan fingerprint density at radius 2 is 2.05 bits per heavy atom. The maximum Gasteiger partial charge on any atom is 0.0514 e. The summed E-state index contributed by atoms with van der Waals surface area (Å²) >= 11 is 6.00. The molecule has 4 atom stereocenters. The summed E-state index contributed by atoms with van der Waals surface area (Å²) in [4.78, 5) is 0. The Kier molecular flexibility index (Phi) is 4.11. The first-order chi connectivity index (χ1) is 9.28. The van der Waals surface area contributed by atoms with E-state index in [-0.39, 0.29) is 0 Å². The number of fused-ring (bicyclic) bond motifs is 2. The van der Waals surface area contributed by atoms with Crippen molar-refractivity contribution < 1.29 is 4.74 Å². The van der Waals surface area contributed by atoms with Crippen LogP contribution in [0.5, 0.6) is 0 Å². The average Bonchev–Trinajstić information content (AvgIpc) is 2.81. The number of ether oxygens (including phenoxy) is 1. The highest BCUT2D eigenvalue weighted by Gasteiger charge is 2.41. The molecule has 104 valence electrons. The van der Waals surface area contributed by atoms with Crippen molar-refractivity contribution in [3.05, 3.63) is 34.9 Å². The Balaban J connectivity index is 1.81. The van der Waals surface area contributed by atoms with Crippen molar-refractivity contribution in [2.75, 3.05) is 13.2 Å². The molecule has 1 aromatic rings. The molecule has 2 bridgehead atoms. The van der Waals surface area contributed by atoms with E-state index < -0.39 is 0 Å². The van der Waals surface area contributed by atoms with Gasteiger partial charge in [0, 0.05) is 29.6 Å². The van der Waals surface area contributed by atoms with E-state index in [9.17, 15) is 0 Å². The van der Waals surface area contributed by atoms with Crippen molar-refractivity contribution in [2.24, 2.45) is 5.92 Å². The number of hydrogen-bond donors (Lipinski definition) is 1. The zero-order chi connectivity index (χ0) is 13.2. The third kappa shape index (κ3) is 2.81. The molecule has 2 heterocycles. The fourth-order valence-electron chi connectivity index (χ4n) is 3.71. The van der Waals surface area contributed by atoms with Crippen LogP contribution in [0, 0.1) is 5.92 Å². The van der Waals surface area contributed by atoms with Gasteiger partial charge in [-0.25, -0.2) is 0 Å². The van der Waals surface area contributed by atoms with Gasteiger partial charge in [0.05, 0.1) is 6.61 Å². The molecule has 2 aliphatic rings. The minimum atomic E-state index is 0.597. The first-order valence-corrected chi connectivity index (χ1v) is 7.75. The maximum absolute atomic E-state index is 6.00. The van der Waals surface area contributed by atoms with Gasteiger partial charge in [-0.1, -0.05) is 23.7 Å². The van der Waals surface area contributed by atoms with Crippen molar-refractivity contribution in [3.8, 4) is 0 Å². The van der Waals surface area contributed by atoms with Gasteiger partial charge in [0.2, 0.25) is 0 Å². The summed E-state index contributed by atoms with van der Waals surface area (Å²) in [5.74, 6) is 1.21. The largest absolute Gasteiger partial charge is 0.381 e. The smallest absolute Gasteiger partial charge is 0.0514 e. The highest BCUT2D eigenvalue weighted by molar-refractivity contribution is 6.30. The Morgan fingerprint density at radius 3 is 2.79 bits per heavy atom. The lowest BCUT2D eigenvalue weighted by molar-refractivity contribution is 0.0723. The molecule has 2 saturated heterocycles. The second kappa shape index (κ2) is 5.82. The summed E-state index contributed by atoms with van der Waals surface area (Å²) < 4.78 is 5.73. The van der Waals surface area contributed by atoms with Crippen LogP contribution in [0.2, 0.25) is 5.02 Å². The molecule has 0 radical (unpaired) electrons. The SMILES string of the molecule is CCOCC1C(c2ccc(Cl)cc2)C[C@@H]2CC[C@H]1N2. The van der Waals surface area contributed by atoms with Gasteiger partial charge in [0.1, 0.15) is 0 Å². The standard InChI is InChI=1S/C16H22ClNO/c1-2-19-10-15-14(9-13-7-8-16(15)18-13)11-3-5-12(17)6-4-11/h3-6,13-16,18H,2,7-10H2,1H3/t13-,14?,15?,16+/m0/s1. The molecule has 0 spiro atoms. The van der Waals surface area contributed by atoms with Crippen molar-refractivity contribution >= 4 is 11.6 Å². The first kappa shape index (κ1) is 13.4. The molecular formula is C16H22ClNO. The lowest BCUT2D eigenvalue weighted by Crippen LogP contribution is -2.46. The Bertz CT molecular complexity index is 419. The van der Waals surface area contributed by atoms with Gasteiger partial charge in [-0.05, 0) is 49.8 Å². The fourth-order valence-corrected chi connectivity index (χ4v) is 3.84. The summed E-state index contributed by atoms with van der Waals surface area (Å²) in [6.45, 7) is 3.75. The van der Waals surface area contributed by atoms with Crippen molar-refractivity contribution in [3.63, 3.8) is 0 Å². The Hall–Kier alpha value is -0.570. The second-order valence-electron chi connectivity index (χ2n) is 5.76. The molecule has 0 aromatic heterocycles. The monoisotopic (exact) mass is 279 g/mol. The number of nitrogens with one attached hydrogen (secondary N) is 1. The number of benzene rings is 1. The summed E-state index contributed by atoms with van der Waals surface area (Å²) in [7, 11) is 0. The number of hydrogen-bond acceptors (Lipinski definition) is 2. The maximum atomic E-state index is 6.00. The minimum absolute atomic E-state index is 0.597. The number of halogens is 1. The summed E-state index contributed by atoms with van der Waals surface area (Å²) in [5, 5.41) is 4.58. The lowest BCUT2D eigenvalue weighted by Gasteiger charge is -2.38. The predicted molar refractivity (Wildman–Crippen MR) is 78.7 cm³/mol. The van der Waals surface area contributed by atoms with E-state index in [1.54, 1.807) is 0 Å². The second-order valence-corrected chi connectivity index (χ2v) is 6.20. The summed E-state index contributed by atoms with van der Waals surface area (Å²) in [6.07, 6.45) is 3.85. The molecule has 0 amide bonds. The molecule has 2 nitrogen and oxygen atoms in total. The highest BCUT2D eigenvalue weighted by Crippen LogP contribution is 2.42. The van der Waals surface area contributed by atoms with E-state index in [1.807, 2.05) is 12.1 Å². The molecule has 19 heavy (non-hydrogen) atoms. The minimum Gasteiger partial charge on any atom is -0.381 e. The third-order valence-corrected chi connectivity index (χ3v) is 4.91. The van der Waals surface area contributed by atoms with Crippen molar-refractivity contribution in [1.82, 2.24) is 5.32 Å². The molecule has 3 heteroatoms. The van der Waals surface area contributed by atoms with Gasteiger partial charge in [0.25, 0.3) is 0 Å². The van der Waals surface area contributed by atoms with Crippen molar-refractivity contribution in [2.45, 2.75) is 44.2 Å². The highest BCUT2D eigenvalue weighted by atomic mass is 35.5. The van der Waals surface area contributed by atoms with Crippen LogP contribution in [0.3, 0.4) is 0 Å². The molecule has 3 rings (SSSR count). The summed E-state index contributed by atoms with van der Waals surface area (Å²) in [6, 6.07) is 9.74. The van der Waals surface area contributed by atoms with Crippen LogP contribution in [0.4, 0.5) is 0 Å². The average molecular weight is 280 g/mol. The van der Waals surface area contributed by atoms with Crippen LogP contribution >= 0.6 is 11.6 Å². The fraction of sp³-hybridized carbons (Fsp3) is 0.625. The first-order valence-electron chi connectivity index (χ1n) is 7.37. The molecule has 2 aliphatic heterocycles. The summed E-state index contributed by atoms with van der Waals surface area (Å²) in [5.41, 5.74) is 1.42. The molecule has 2 fully saturated rings. The van der Waals surface area contributed by atoms with Crippen LogP contribution < -0.4 is 5.32 Å². The molecule has 2 unspecified atom stereocenters. The van der Waals surface area contributed by atoms with Gasteiger partial charge in [-0.15, -0.1) is 0 Å². The van der Waals surface area contributed by atoms with Gasteiger partial charge < -0.3 is 10.1 Å². The normalized spacial score (nSPS) is 33.6. The van der Waals surface area contributed by atoms with Gasteiger partial charge in [-0.2, -0.15) is 0 Å². The van der Waals surface area contributed by atoms with Crippen molar-refractivity contribution in [1.29, 1.82) is 0 Å². The van der Waals surface area contributed by atoms with E-state index in [0.29, 0.717) is 23.9 Å². The third-order valence-electron chi connectivity index (χ3n) is 4.66. The molecule has 0 aliphatic carbocycles. The van der Waals surface area contributed by atoms with Gasteiger partial charge in [0.15, 0.2) is 0 Å². The Morgan fingerprint density at radius 1 is 1.26 bits per heavy atom. The van der Waals surface area contributed by atoms with E-state index in [2.05, 4.69) is 24.4 Å². The zero-order valence-corrected chi connectivity index (χ0v) is 12.2. The van der Waals surface area contributed by atoms with Crippen LogP contribution in [0.15, 0.2) is 24.3 Å². The number of rotatable bonds is 4. The van der Waals surface area contributed by atoms with Crippen LogP contribution in [-0.2, 0) is 4.74 Å². The molecular weight excluding hydrogens is 258 g/mol. The molecule has 0 saturated carbocycles. The predicted octanol–water partition coefficient (Wildman–Crippen LogP) is 3.60. The quantitative estimate of drug-likeness (QED) is 0.909. The van der Waals surface area contributed by atoms with Crippen LogP contribution in [0.1, 0.15) is 37.7 Å². The molecule has 1 N–H and O–H groups in total. The molecule has 1 aromatic carbocycles. The Labute approximate surface area is 120 Å². The van der Waals surface area contributed by atoms with Crippen LogP contribution in [0.25, 0.3) is 0 Å². The van der Waals surface area contributed by atoms with E-state index in [1.165, 1.54) is 24.8 Å². The number of piperidine rings is 1. The van der Waals surface area contributed by atoms with Gasteiger partial charge in [-0.3, -0.25) is 0 Å².